The molecule has 6 aromatic rings. The zero-order valence-corrected chi connectivity index (χ0v) is 32.2. The summed E-state index contributed by atoms with van der Waals surface area (Å²) in [5.74, 6) is -1.35. The molecule has 0 radical (unpaired) electrons. The number of carboxylic acid groups (broad SMARTS) is 1. The van der Waals surface area contributed by atoms with Crippen molar-refractivity contribution in [2.24, 2.45) is 30.7 Å². The lowest BCUT2D eigenvalue weighted by Gasteiger charge is -2.12. The van der Waals surface area contributed by atoms with E-state index in [4.69, 9.17) is 14.8 Å². The number of azo groups is 3. The van der Waals surface area contributed by atoms with Gasteiger partial charge in [0, 0.05) is 21.7 Å². The highest BCUT2D eigenvalue weighted by molar-refractivity contribution is 7.94. The minimum Gasteiger partial charge on any atom is -0.505 e. The van der Waals surface area contributed by atoms with Gasteiger partial charge in [-0.25, -0.2) is 15.3 Å². The largest absolute Gasteiger partial charge is 0.505 e. The van der Waals surface area contributed by atoms with E-state index in [0.29, 0.717) is 67.4 Å². The maximum absolute atomic E-state index is 11.8. The molecule has 0 saturated carbocycles. The summed E-state index contributed by atoms with van der Waals surface area (Å²) < 4.78 is 9.09. The van der Waals surface area contributed by atoms with Crippen LogP contribution in [0.4, 0.5) is 45.5 Å². The lowest BCUT2D eigenvalue weighted by Crippen LogP contribution is -1.97. The third kappa shape index (κ3) is 10.0. The fraction of sp³-hybridized carbons (Fsp3) is 0.103. The van der Waals surface area contributed by atoms with E-state index in [0.717, 1.165) is 33.6 Å². The van der Waals surface area contributed by atoms with Gasteiger partial charge in [-0.2, -0.15) is 15.3 Å². The van der Waals surface area contributed by atoms with E-state index in [1.807, 2.05) is 76.2 Å². The molecule has 0 aromatic heterocycles. The molecule has 0 unspecified atom stereocenters. The van der Waals surface area contributed by atoms with Crippen molar-refractivity contribution in [1.29, 1.82) is 0 Å². The van der Waals surface area contributed by atoms with Crippen LogP contribution in [0.2, 0.25) is 0 Å². The van der Waals surface area contributed by atoms with Crippen LogP contribution >= 0.6 is 24.1 Å². The van der Waals surface area contributed by atoms with Crippen molar-refractivity contribution in [2.45, 2.75) is 37.5 Å². The van der Waals surface area contributed by atoms with Crippen molar-refractivity contribution < 1.29 is 44.3 Å². The topological polar surface area (TPSA) is 221 Å². The first kappa shape index (κ1) is 40.6. The molecule has 290 valence electrons. The molecule has 0 heterocycles. The summed E-state index contributed by atoms with van der Waals surface area (Å²) in [6.45, 7) is 7.41. The second-order valence-electron chi connectivity index (χ2n) is 12.4. The normalized spacial score (nSPS) is 11.8. The Hall–Kier alpha value is -6.09. The first-order valence-corrected chi connectivity index (χ1v) is 18.3. The summed E-state index contributed by atoms with van der Waals surface area (Å²) in [5.41, 5.74) is 7.09. The molecule has 6 rings (SSSR count). The Labute approximate surface area is 333 Å². The highest BCUT2D eigenvalue weighted by Gasteiger charge is 2.17. The molecule has 0 spiro atoms. The Morgan fingerprint density at radius 1 is 0.614 bits per heavy atom. The molecular weight excluding hydrogens is 775 g/mol. The summed E-state index contributed by atoms with van der Waals surface area (Å²) in [6, 6.07) is 28.4. The molecule has 0 fully saturated rings. The van der Waals surface area contributed by atoms with Gasteiger partial charge in [0.2, 0.25) is 0 Å². The smallest absolute Gasteiger partial charge is 0.338 e. The van der Waals surface area contributed by atoms with Gasteiger partial charge in [-0.15, -0.1) is 24.0 Å². The zero-order valence-electron chi connectivity index (χ0n) is 30.6. The van der Waals surface area contributed by atoms with Gasteiger partial charge >= 0.3 is 5.97 Å². The molecular formula is C39H33N7O9S2. The number of benzene rings is 6. The average molecular weight is 808 g/mol. The summed E-state index contributed by atoms with van der Waals surface area (Å²) in [6.07, 6.45) is 0. The van der Waals surface area contributed by atoms with Gasteiger partial charge < -0.3 is 15.5 Å². The molecule has 0 aliphatic rings. The van der Waals surface area contributed by atoms with Crippen molar-refractivity contribution in [3.63, 3.8) is 0 Å². The van der Waals surface area contributed by atoms with E-state index >= 15 is 0 Å². The van der Waals surface area contributed by atoms with Crippen LogP contribution in [0.15, 0.2) is 138 Å². The molecule has 18 heteroatoms. The van der Waals surface area contributed by atoms with Crippen molar-refractivity contribution in [3.05, 3.63) is 125 Å². The summed E-state index contributed by atoms with van der Waals surface area (Å²) in [7, 11) is 0. The second-order valence-corrected chi connectivity index (χ2v) is 13.9. The molecule has 0 saturated heterocycles. The first-order chi connectivity index (χ1) is 27.5. The van der Waals surface area contributed by atoms with Crippen molar-refractivity contribution in [1.82, 2.24) is 0 Å². The third-order valence-corrected chi connectivity index (χ3v) is 9.60. The molecule has 6 aromatic carbocycles. The number of phenols is 1. The lowest BCUT2D eigenvalue weighted by molar-refractivity contribution is -0.432. The van der Waals surface area contributed by atoms with Gasteiger partial charge in [0.1, 0.15) is 11.4 Å². The predicted octanol–water partition coefficient (Wildman–Crippen LogP) is 13.3. The number of carbonyl (C=O) groups is 1. The van der Waals surface area contributed by atoms with Crippen LogP contribution in [0, 0.1) is 27.7 Å². The monoisotopic (exact) mass is 807 g/mol. The van der Waals surface area contributed by atoms with Crippen molar-refractivity contribution >= 4 is 86.3 Å². The number of carboxylic acids is 1. The maximum atomic E-state index is 11.8. The number of nitrogens with zero attached hydrogens (tertiary/aromatic N) is 6. The van der Waals surface area contributed by atoms with Gasteiger partial charge in [-0.3, -0.25) is 0 Å². The van der Waals surface area contributed by atoms with Gasteiger partial charge in [0.05, 0.1) is 57.3 Å². The van der Waals surface area contributed by atoms with Crippen LogP contribution in [0.5, 0.6) is 5.75 Å². The van der Waals surface area contributed by atoms with Crippen LogP contribution in [0.3, 0.4) is 0 Å². The van der Waals surface area contributed by atoms with Gasteiger partial charge in [0.15, 0.2) is 5.75 Å². The molecule has 0 atom stereocenters. The lowest BCUT2D eigenvalue weighted by atomic mass is 10.1. The maximum Gasteiger partial charge on any atom is 0.338 e. The van der Waals surface area contributed by atoms with E-state index in [2.05, 4.69) is 50.4 Å². The number of aryl methyl sites for hydroxylation is 4. The van der Waals surface area contributed by atoms with Crippen molar-refractivity contribution in [3.8, 4) is 5.75 Å². The summed E-state index contributed by atoms with van der Waals surface area (Å²) in [4.78, 5) is 12.5. The van der Waals surface area contributed by atoms with Crippen LogP contribution in [-0.2, 0) is 18.7 Å². The molecule has 0 aliphatic carbocycles. The fourth-order valence-electron chi connectivity index (χ4n) is 5.68. The Morgan fingerprint density at radius 3 is 1.91 bits per heavy atom. The van der Waals surface area contributed by atoms with Gasteiger partial charge in [-0.05, 0) is 134 Å². The molecule has 5 N–H and O–H groups in total. The summed E-state index contributed by atoms with van der Waals surface area (Å²) >= 11 is 1.29. The van der Waals surface area contributed by atoms with Crippen LogP contribution < -0.4 is 5.32 Å². The summed E-state index contributed by atoms with van der Waals surface area (Å²) in [5, 5.41) is 76.4. The molecule has 16 nitrogen and oxygen atoms in total. The minimum atomic E-state index is -1.22. The SMILES string of the molecule is Cc1cc(N=Nc2c(C)cc(N=Nc3c(SOOO)cc4cc(Nc5ccccc5)ccc4c3O)cc2C)c(C)cc1N=Nc1ccc(SOOO)cc1C(=O)O. The number of aromatic hydroxyl groups is 1. The molecule has 0 amide bonds. The number of aromatic carboxylic acids is 1. The van der Waals surface area contributed by atoms with E-state index in [9.17, 15) is 15.0 Å². The van der Waals surface area contributed by atoms with E-state index < -0.39 is 5.97 Å². The van der Waals surface area contributed by atoms with E-state index in [1.165, 1.54) is 12.1 Å². The minimum absolute atomic E-state index is 0.112. The third-order valence-electron chi connectivity index (χ3n) is 8.41. The van der Waals surface area contributed by atoms with Crippen LogP contribution in [0.1, 0.15) is 32.6 Å². The number of phenolic OH excluding ortho intramolecular Hbond substituents is 1. The number of rotatable bonds is 15. The van der Waals surface area contributed by atoms with Gasteiger partial charge in [0.25, 0.3) is 0 Å². The highest BCUT2D eigenvalue weighted by Crippen LogP contribution is 2.45. The predicted molar refractivity (Wildman–Crippen MR) is 214 cm³/mol. The number of hydrogen-bond acceptors (Lipinski definition) is 17. The number of anilines is 2. The Morgan fingerprint density at radius 2 is 1.25 bits per heavy atom. The van der Waals surface area contributed by atoms with Crippen LogP contribution in [-0.4, -0.2) is 26.7 Å². The Balaban J connectivity index is 1.21. The molecule has 0 aliphatic heterocycles. The zero-order chi connectivity index (χ0) is 40.5. The Bertz CT molecular complexity index is 2510. The fourth-order valence-corrected chi connectivity index (χ4v) is 6.57. The standard InChI is InChI=1S/C39H33N7O9S2/c1-21-17-34(22(2)16-33(21)43-42-32-13-11-29(56-54-52-50)20-31(32)39(48)49)44-45-36-23(3)14-28(15-24(36)4)41-46-37-35(57-55-53-51)19-25-18-27(10-12-30(25)38(37)47)40-26-8-6-5-7-9-26/h5-20,40,47,50-51H,1-4H3,(H,48,49). The molecule has 0 bridgehead atoms. The number of para-hydroxylation sites is 1. The highest BCUT2D eigenvalue weighted by atomic mass is 32.2. The van der Waals surface area contributed by atoms with Crippen LogP contribution in [0.25, 0.3) is 10.8 Å². The quantitative estimate of drug-likeness (QED) is 0.0283. The first-order valence-electron chi connectivity index (χ1n) is 16.8. The molecule has 57 heavy (non-hydrogen) atoms. The average Bonchev–Trinajstić information content (AvgIpc) is 3.19. The number of fused-ring (bicyclic) bond motifs is 1. The van der Waals surface area contributed by atoms with E-state index in [-0.39, 0.29) is 22.7 Å². The number of hydrogen-bond donors (Lipinski definition) is 5. The van der Waals surface area contributed by atoms with Crippen molar-refractivity contribution in [2.75, 3.05) is 5.32 Å². The number of nitrogens with one attached hydrogen (secondary N) is 1. The van der Waals surface area contributed by atoms with E-state index in [1.54, 1.807) is 36.4 Å². The van der Waals surface area contributed by atoms with Gasteiger partial charge in [-0.1, -0.05) is 28.3 Å². The second kappa shape index (κ2) is 18.7. The Kier molecular flexibility index (Phi) is 13.3.